The maximum absolute atomic E-state index is 14.8. The number of ether oxygens (including phenoxy) is 1. The van der Waals surface area contributed by atoms with E-state index in [1.807, 2.05) is 11.9 Å². The molecule has 1 aromatic heterocycles. The number of thiophene rings is 1. The summed E-state index contributed by atoms with van der Waals surface area (Å²) in [5.41, 5.74) is 0.854. The summed E-state index contributed by atoms with van der Waals surface area (Å²) in [5.74, 6) is 5.94. The van der Waals surface area contributed by atoms with E-state index in [1.54, 1.807) is 18.2 Å². The normalized spacial score (nSPS) is 19.0. The summed E-state index contributed by atoms with van der Waals surface area (Å²) < 4.78 is 85.9. The van der Waals surface area contributed by atoms with Crippen molar-refractivity contribution in [3.8, 4) is 17.6 Å². The van der Waals surface area contributed by atoms with E-state index in [-0.39, 0.29) is 28.4 Å². The summed E-state index contributed by atoms with van der Waals surface area (Å²) in [7, 11) is -0.177. The van der Waals surface area contributed by atoms with Gasteiger partial charge < -0.3 is 20.3 Å². The minimum absolute atomic E-state index is 0.0537. The Bertz CT molecular complexity index is 1500. The van der Waals surface area contributed by atoms with Crippen molar-refractivity contribution in [2.45, 2.75) is 36.1 Å². The highest BCUT2D eigenvalue weighted by Crippen LogP contribution is 2.42. The first-order valence-corrected chi connectivity index (χ1v) is 14.9. The van der Waals surface area contributed by atoms with Gasteiger partial charge in [0, 0.05) is 36.4 Å². The molecule has 2 heterocycles. The molecule has 0 aliphatic carbocycles. The Labute approximate surface area is 229 Å². The summed E-state index contributed by atoms with van der Waals surface area (Å²) in [6.07, 6.45) is -5.22. The molecule has 1 aliphatic heterocycles. The summed E-state index contributed by atoms with van der Waals surface area (Å²) >= 11 is 1.08. The van der Waals surface area contributed by atoms with Crippen LogP contribution in [0.2, 0.25) is 0 Å². The molecule has 1 aliphatic rings. The van der Waals surface area contributed by atoms with Gasteiger partial charge in [0.05, 0.1) is 45.5 Å². The van der Waals surface area contributed by atoms with Gasteiger partial charge in [-0.3, -0.25) is 0 Å². The predicted molar refractivity (Wildman–Crippen MR) is 148 cm³/mol. The lowest BCUT2D eigenvalue weighted by molar-refractivity contribution is 0.0504. The van der Waals surface area contributed by atoms with Crippen molar-refractivity contribution in [2.75, 3.05) is 50.7 Å². The first kappa shape index (κ1) is 29.0. The van der Waals surface area contributed by atoms with Gasteiger partial charge in [-0.05, 0) is 31.7 Å². The number of piperidine rings is 1. The minimum atomic E-state index is -3.42. The molecular formula is C27H29F4N3O3S2. The fraction of sp³-hybridized carbons (Fsp3) is 0.407. The van der Waals surface area contributed by atoms with E-state index in [4.69, 9.17) is 4.74 Å². The van der Waals surface area contributed by atoms with Gasteiger partial charge in [-0.15, -0.1) is 11.3 Å². The van der Waals surface area contributed by atoms with Gasteiger partial charge in [-0.2, -0.15) is 0 Å². The van der Waals surface area contributed by atoms with Crippen LogP contribution in [0.3, 0.4) is 0 Å². The number of hydrogen-bond donors (Lipinski definition) is 2. The third-order valence-corrected chi connectivity index (χ3v) is 8.79. The van der Waals surface area contributed by atoms with Gasteiger partial charge in [0.2, 0.25) is 0 Å². The molecule has 2 N–H and O–H groups in total. The highest BCUT2D eigenvalue weighted by atomic mass is 32.2. The quantitative estimate of drug-likeness (QED) is 0.269. The average Bonchev–Trinajstić information content (AvgIpc) is 3.26. The Morgan fingerprint density at radius 3 is 2.64 bits per heavy atom. The molecule has 12 heteroatoms. The maximum Gasteiger partial charge on any atom is 0.273 e. The number of methoxy groups -OCH3 is 1. The van der Waals surface area contributed by atoms with Crippen molar-refractivity contribution in [1.82, 2.24) is 4.90 Å². The molecule has 39 heavy (non-hydrogen) atoms. The largest absolute Gasteiger partial charge is 0.495 e. The van der Waals surface area contributed by atoms with Crippen LogP contribution in [0.25, 0.3) is 10.1 Å². The van der Waals surface area contributed by atoms with Crippen molar-refractivity contribution in [1.29, 1.82) is 0 Å². The number of anilines is 2. The summed E-state index contributed by atoms with van der Waals surface area (Å²) in [6, 6.07) is 8.83. The third kappa shape index (κ3) is 6.59. The van der Waals surface area contributed by atoms with E-state index in [1.165, 1.54) is 25.3 Å². The van der Waals surface area contributed by atoms with Crippen molar-refractivity contribution >= 4 is 42.6 Å². The number of rotatable bonds is 8. The van der Waals surface area contributed by atoms with E-state index in [2.05, 4.69) is 22.5 Å². The van der Waals surface area contributed by atoms with Crippen molar-refractivity contribution in [2.24, 2.45) is 0 Å². The van der Waals surface area contributed by atoms with Gasteiger partial charge in [0.1, 0.15) is 11.9 Å². The van der Waals surface area contributed by atoms with E-state index in [0.29, 0.717) is 40.2 Å². The van der Waals surface area contributed by atoms with E-state index < -0.39 is 34.6 Å². The first-order chi connectivity index (χ1) is 18.5. The van der Waals surface area contributed by atoms with Crippen molar-refractivity contribution < 1.29 is 30.7 Å². The zero-order chi connectivity index (χ0) is 28.3. The fourth-order valence-electron chi connectivity index (χ4n) is 4.48. The summed E-state index contributed by atoms with van der Waals surface area (Å²) in [4.78, 5) is 2.16. The van der Waals surface area contributed by atoms with E-state index in [0.717, 1.165) is 17.6 Å². The Kier molecular flexibility index (Phi) is 8.93. The Morgan fingerprint density at radius 2 is 1.97 bits per heavy atom. The molecule has 0 bridgehead atoms. The molecule has 1 saturated heterocycles. The number of halogens is 4. The van der Waals surface area contributed by atoms with E-state index >= 15 is 0 Å². The van der Waals surface area contributed by atoms with Crippen LogP contribution in [-0.2, 0) is 9.84 Å². The molecule has 210 valence electrons. The smallest absolute Gasteiger partial charge is 0.273 e. The standard InChI is InChI=1S/C27H29F4N3O3S2/c1-34-13-11-19(18(28)15-34)33-21-7-4-6-17-24(25(29)27(30)31)23(38-26(17)21)8-5-12-32-20-10-9-16(39(3,35)36)14-22(20)37-2/h4,6-7,9-10,14,18-19,25,27,32-33H,11-13,15H2,1-3H3. The van der Waals surface area contributed by atoms with Crippen LogP contribution in [0.5, 0.6) is 5.75 Å². The van der Waals surface area contributed by atoms with Crippen LogP contribution in [0.15, 0.2) is 41.3 Å². The fourth-order valence-corrected chi connectivity index (χ4v) is 6.30. The number of benzene rings is 2. The number of likely N-dealkylation sites (tertiary alicyclic amines) is 1. The number of fused-ring (bicyclic) bond motifs is 1. The zero-order valence-corrected chi connectivity index (χ0v) is 23.2. The first-order valence-electron chi connectivity index (χ1n) is 12.2. The molecule has 2 aromatic carbocycles. The predicted octanol–water partition coefficient (Wildman–Crippen LogP) is 5.51. The second-order valence-electron chi connectivity index (χ2n) is 9.37. The minimum Gasteiger partial charge on any atom is -0.495 e. The molecule has 0 spiro atoms. The monoisotopic (exact) mass is 583 g/mol. The van der Waals surface area contributed by atoms with Gasteiger partial charge in [0.15, 0.2) is 16.0 Å². The van der Waals surface area contributed by atoms with Gasteiger partial charge in [0.25, 0.3) is 6.43 Å². The van der Waals surface area contributed by atoms with Gasteiger partial charge >= 0.3 is 0 Å². The number of hydrogen-bond acceptors (Lipinski definition) is 7. The SMILES string of the molecule is COc1cc(S(C)(=O)=O)ccc1NCC#Cc1sc2c(NC3CCN(C)CC3F)cccc2c1C(F)C(F)F. The molecule has 3 unspecified atom stereocenters. The molecule has 3 atom stereocenters. The number of nitrogens with one attached hydrogen (secondary N) is 2. The summed E-state index contributed by atoms with van der Waals surface area (Å²) in [6.45, 7) is 1.05. The third-order valence-electron chi connectivity index (χ3n) is 6.51. The molecule has 0 saturated carbocycles. The molecule has 0 radical (unpaired) electrons. The zero-order valence-electron chi connectivity index (χ0n) is 21.6. The molecule has 0 amide bonds. The Balaban J connectivity index is 1.62. The van der Waals surface area contributed by atoms with Crippen LogP contribution in [0.1, 0.15) is 23.0 Å². The van der Waals surface area contributed by atoms with Gasteiger partial charge in [-0.1, -0.05) is 24.0 Å². The van der Waals surface area contributed by atoms with Crippen LogP contribution in [-0.4, -0.2) is 72.0 Å². The van der Waals surface area contributed by atoms with Crippen LogP contribution >= 0.6 is 11.3 Å². The van der Waals surface area contributed by atoms with Crippen molar-refractivity contribution in [3.63, 3.8) is 0 Å². The van der Waals surface area contributed by atoms with Crippen LogP contribution < -0.4 is 15.4 Å². The lowest BCUT2D eigenvalue weighted by atomic mass is 10.0. The molecular weight excluding hydrogens is 554 g/mol. The topological polar surface area (TPSA) is 70.7 Å². The molecule has 6 nitrogen and oxygen atoms in total. The van der Waals surface area contributed by atoms with Crippen LogP contribution in [0.4, 0.5) is 28.9 Å². The second-order valence-corrected chi connectivity index (χ2v) is 12.4. The molecule has 3 aromatic rings. The van der Waals surface area contributed by atoms with E-state index in [9.17, 15) is 26.0 Å². The number of alkyl halides is 4. The Hall–Kier alpha value is -3.01. The summed E-state index contributed by atoms with van der Waals surface area (Å²) in [5, 5.41) is 6.52. The highest BCUT2D eigenvalue weighted by Gasteiger charge is 2.31. The second kappa shape index (κ2) is 12.0. The lowest BCUT2D eigenvalue weighted by Gasteiger charge is -2.33. The number of sulfone groups is 1. The lowest BCUT2D eigenvalue weighted by Crippen LogP contribution is -2.46. The average molecular weight is 584 g/mol. The van der Waals surface area contributed by atoms with Gasteiger partial charge in [-0.25, -0.2) is 26.0 Å². The Morgan fingerprint density at radius 1 is 1.21 bits per heavy atom. The van der Waals surface area contributed by atoms with Crippen molar-refractivity contribution in [3.05, 3.63) is 46.8 Å². The van der Waals surface area contributed by atoms with Crippen LogP contribution in [0, 0.1) is 11.8 Å². The maximum atomic E-state index is 14.8. The molecule has 4 rings (SSSR count). The highest BCUT2D eigenvalue weighted by molar-refractivity contribution is 7.90. The number of nitrogens with zero attached hydrogens (tertiary/aromatic N) is 1. The molecule has 1 fully saturated rings.